The van der Waals surface area contributed by atoms with Gasteiger partial charge in [-0.3, -0.25) is 4.79 Å². The molecule has 0 aliphatic carbocycles. The lowest BCUT2D eigenvalue weighted by Crippen LogP contribution is -2.14. The van der Waals surface area contributed by atoms with Crippen molar-refractivity contribution in [3.63, 3.8) is 0 Å². The van der Waals surface area contributed by atoms with Crippen molar-refractivity contribution in [3.05, 3.63) is 57.1 Å². The summed E-state index contributed by atoms with van der Waals surface area (Å²) in [4.78, 5) is 12.6. The van der Waals surface area contributed by atoms with E-state index in [4.69, 9.17) is 9.47 Å². The van der Waals surface area contributed by atoms with Gasteiger partial charge >= 0.3 is 0 Å². The van der Waals surface area contributed by atoms with E-state index in [2.05, 4.69) is 28.2 Å². The van der Waals surface area contributed by atoms with Gasteiger partial charge in [0.15, 0.2) is 11.5 Å². The van der Waals surface area contributed by atoms with Crippen molar-refractivity contribution in [2.45, 2.75) is 46.5 Å². The van der Waals surface area contributed by atoms with Crippen molar-refractivity contribution in [1.82, 2.24) is 0 Å². The lowest BCUT2D eigenvalue weighted by atomic mass is 10.1. The molecule has 2 aromatic carbocycles. The largest absolute Gasteiger partial charge is 0.493 e. The van der Waals surface area contributed by atoms with Gasteiger partial charge in [0.1, 0.15) is 11.6 Å². The van der Waals surface area contributed by atoms with Crippen molar-refractivity contribution < 1.29 is 14.3 Å². The number of anilines is 1. The van der Waals surface area contributed by atoms with Gasteiger partial charge in [-0.2, -0.15) is 5.26 Å². The van der Waals surface area contributed by atoms with Gasteiger partial charge in [-0.1, -0.05) is 43.9 Å². The Hall–Kier alpha value is -2.78. The Balaban J connectivity index is 2.20. The number of aryl methyl sites for hydroxylation is 2. The molecule has 0 saturated heterocycles. The number of nitrogens with zero attached hydrogens (tertiary/aromatic N) is 1. The summed E-state index contributed by atoms with van der Waals surface area (Å²) in [6, 6.07) is 11.3. The van der Waals surface area contributed by atoms with E-state index < -0.39 is 5.91 Å². The standard InChI is InChI=1S/C25H29BrN2O3/c1-5-6-7-8-11-31-24-21(26)14-19(15-23(24)30-4)13-20(16-27)25(29)28-22-10-9-17(2)12-18(22)3/h9-10,12-15H,5-8,11H2,1-4H3,(H,28,29)/b20-13+. The Morgan fingerprint density at radius 2 is 1.97 bits per heavy atom. The number of methoxy groups -OCH3 is 1. The van der Waals surface area contributed by atoms with Crippen molar-refractivity contribution in [2.24, 2.45) is 0 Å². The first kappa shape index (κ1) is 24.5. The molecule has 2 rings (SSSR count). The monoisotopic (exact) mass is 484 g/mol. The normalized spacial score (nSPS) is 11.0. The molecule has 1 N–H and O–H groups in total. The van der Waals surface area contributed by atoms with Gasteiger partial charge in [-0.25, -0.2) is 0 Å². The highest BCUT2D eigenvalue weighted by molar-refractivity contribution is 9.10. The van der Waals surface area contributed by atoms with E-state index >= 15 is 0 Å². The number of nitriles is 1. The number of rotatable bonds is 10. The average Bonchev–Trinajstić information content (AvgIpc) is 2.74. The van der Waals surface area contributed by atoms with E-state index in [1.54, 1.807) is 13.2 Å². The zero-order valence-corrected chi connectivity index (χ0v) is 20.1. The van der Waals surface area contributed by atoms with E-state index in [0.29, 0.717) is 33.8 Å². The fraction of sp³-hybridized carbons (Fsp3) is 0.360. The SMILES string of the molecule is CCCCCCOc1c(Br)cc(/C=C(\C#N)C(=O)Nc2ccc(C)cc2C)cc1OC. The molecule has 0 aromatic heterocycles. The first-order valence-electron chi connectivity index (χ1n) is 10.4. The topological polar surface area (TPSA) is 71.3 Å². The van der Waals surface area contributed by atoms with Crippen LogP contribution in [0.4, 0.5) is 5.69 Å². The number of amides is 1. The highest BCUT2D eigenvalue weighted by Gasteiger charge is 2.14. The van der Waals surface area contributed by atoms with Crippen LogP contribution in [-0.4, -0.2) is 19.6 Å². The Labute approximate surface area is 193 Å². The number of nitrogens with one attached hydrogen (secondary N) is 1. The molecule has 2 aromatic rings. The number of unbranched alkanes of at least 4 members (excludes halogenated alkanes) is 3. The van der Waals surface area contributed by atoms with Crippen molar-refractivity contribution in [2.75, 3.05) is 19.0 Å². The van der Waals surface area contributed by atoms with Crippen LogP contribution in [0.2, 0.25) is 0 Å². The number of hydrogen-bond donors (Lipinski definition) is 1. The van der Waals surface area contributed by atoms with Gasteiger partial charge in [0.05, 0.1) is 18.2 Å². The molecule has 0 bridgehead atoms. The van der Waals surface area contributed by atoms with E-state index in [0.717, 1.165) is 24.0 Å². The van der Waals surface area contributed by atoms with Gasteiger partial charge in [0, 0.05) is 5.69 Å². The number of carbonyl (C=O) groups excluding carboxylic acids is 1. The summed E-state index contributed by atoms with van der Waals surface area (Å²) in [6.45, 7) is 6.68. The van der Waals surface area contributed by atoms with Crippen LogP contribution in [0.15, 0.2) is 40.4 Å². The van der Waals surface area contributed by atoms with Crippen molar-refractivity contribution in [1.29, 1.82) is 5.26 Å². The minimum absolute atomic E-state index is 0.00200. The van der Waals surface area contributed by atoms with Crippen LogP contribution in [0.5, 0.6) is 11.5 Å². The predicted molar refractivity (Wildman–Crippen MR) is 128 cm³/mol. The number of benzene rings is 2. The Morgan fingerprint density at radius 3 is 2.61 bits per heavy atom. The second-order valence-electron chi connectivity index (χ2n) is 7.39. The fourth-order valence-corrected chi connectivity index (χ4v) is 3.70. The molecular formula is C25H29BrN2O3. The second kappa shape index (κ2) is 12.2. The highest BCUT2D eigenvalue weighted by atomic mass is 79.9. The fourth-order valence-electron chi connectivity index (χ4n) is 3.13. The number of carbonyl (C=O) groups is 1. The molecule has 0 heterocycles. The summed E-state index contributed by atoms with van der Waals surface area (Å²) in [5.74, 6) is 0.707. The molecule has 0 unspecified atom stereocenters. The maximum Gasteiger partial charge on any atom is 0.266 e. The van der Waals surface area contributed by atoms with Crippen LogP contribution < -0.4 is 14.8 Å². The van der Waals surface area contributed by atoms with E-state index in [9.17, 15) is 10.1 Å². The van der Waals surface area contributed by atoms with E-state index in [1.165, 1.54) is 18.9 Å². The van der Waals surface area contributed by atoms with Gasteiger partial charge in [0.25, 0.3) is 5.91 Å². The minimum Gasteiger partial charge on any atom is -0.493 e. The number of ether oxygens (including phenoxy) is 2. The third-order valence-electron chi connectivity index (χ3n) is 4.80. The quantitative estimate of drug-likeness (QED) is 0.235. The molecule has 0 spiro atoms. The van der Waals surface area contributed by atoms with Crippen LogP contribution in [0.1, 0.15) is 49.3 Å². The maximum absolute atomic E-state index is 12.6. The maximum atomic E-state index is 12.6. The smallest absolute Gasteiger partial charge is 0.266 e. The van der Waals surface area contributed by atoms with Gasteiger partial charge in [0.2, 0.25) is 0 Å². The van der Waals surface area contributed by atoms with Crippen LogP contribution in [-0.2, 0) is 4.79 Å². The lowest BCUT2D eigenvalue weighted by molar-refractivity contribution is -0.112. The van der Waals surface area contributed by atoms with E-state index in [-0.39, 0.29) is 5.57 Å². The van der Waals surface area contributed by atoms with Crippen LogP contribution >= 0.6 is 15.9 Å². The molecule has 0 radical (unpaired) electrons. The van der Waals surface area contributed by atoms with Crippen molar-refractivity contribution >= 4 is 33.6 Å². The Morgan fingerprint density at radius 1 is 1.19 bits per heavy atom. The minimum atomic E-state index is -0.458. The van der Waals surface area contributed by atoms with Crippen LogP contribution in [0.25, 0.3) is 6.08 Å². The van der Waals surface area contributed by atoms with Crippen molar-refractivity contribution in [3.8, 4) is 17.6 Å². The molecule has 1 amide bonds. The molecule has 5 nitrogen and oxygen atoms in total. The first-order chi connectivity index (χ1) is 14.9. The van der Waals surface area contributed by atoms with Crippen LogP contribution in [0.3, 0.4) is 0 Å². The Bertz CT molecular complexity index is 993. The Kier molecular flexibility index (Phi) is 9.61. The number of hydrogen-bond acceptors (Lipinski definition) is 4. The van der Waals surface area contributed by atoms with Gasteiger partial charge in [-0.05, 0) is 71.6 Å². The molecule has 0 atom stereocenters. The van der Waals surface area contributed by atoms with Gasteiger partial charge < -0.3 is 14.8 Å². The molecule has 0 saturated carbocycles. The summed E-state index contributed by atoms with van der Waals surface area (Å²) in [6.07, 6.45) is 6.00. The summed E-state index contributed by atoms with van der Waals surface area (Å²) < 4.78 is 12.1. The summed E-state index contributed by atoms with van der Waals surface area (Å²) in [7, 11) is 1.57. The zero-order valence-electron chi connectivity index (χ0n) is 18.5. The third kappa shape index (κ3) is 7.15. The molecule has 164 valence electrons. The highest BCUT2D eigenvalue weighted by Crippen LogP contribution is 2.37. The molecular weight excluding hydrogens is 456 g/mol. The molecule has 6 heteroatoms. The second-order valence-corrected chi connectivity index (χ2v) is 8.24. The van der Waals surface area contributed by atoms with E-state index in [1.807, 2.05) is 44.2 Å². The third-order valence-corrected chi connectivity index (χ3v) is 5.39. The molecule has 0 fully saturated rings. The summed E-state index contributed by atoms with van der Waals surface area (Å²) in [5.41, 5.74) is 3.39. The average molecular weight is 485 g/mol. The lowest BCUT2D eigenvalue weighted by Gasteiger charge is -2.14. The zero-order chi connectivity index (χ0) is 22.8. The molecule has 0 aliphatic rings. The summed E-state index contributed by atoms with van der Waals surface area (Å²) >= 11 is 3.52. The predicted octanol–water partition coefficient (Wildman–Crippen LogP) is 6.58. The molecule has 31 heavy (non-hydrogen) atoms. The molecule has 0 aliphatic heterocycles. The summed E-state index contributed by atoms with van der Waals surface area (Å²) in [5, 5.41) is 12.4. The number of halogens is 1. The van der Waals surface area contributed by atoms with Gasteiger partial charge in [-0.15, -0.1) is 0 Å². The van der Waals surface area contributed by atoms with Crippen LogP contribution in [0, 0.1) is 25.2 Å². The first-order valence-corrected chi connectivity index (χ1v) is 11.2.